The molecule has 5 aromatic rings. The van der Waals surface area contributed by atoms with Crippen LogP contribution in [0, 0.1) is 13.8 Å². The average Bonchev–Trinajstić information content (AvgIpc) is 3.20. The van der Waals surface area contributed by atoms with Crippen molar-refractivity contribution in [2.45, 2.75) is 39.8 Å². The lowest BCUT2D eigenvalue weighted by Crippen LogP contribution is -2.33. The van der Waals surface area contributed by atoms with Crippen LogP contribution in [-0.2, 0) is 19.2 Å². The second kappa shape index (κ2) is 20.9. The van der Waals surface area contributed by atoms with Crippen molar-refractivity contribution >= 4 is 139 Å². The number of carbonyl (C=O) groups excluding carboxylic acids is 6. The maximum Gasteiger partial charge on any atom is 0.258 e. The molecular formula is C42H32Cl6N8O6. The minimum Gasteiger partial charge on any atom is -0.324 e. The highest BCUT2D eigenvalue weighted by atomic mass is 35.5. The molecule has 2 unspecified atom stereocenters. The van der Waals surface area contributed by atoms with Gasteiger partial charge in [0.1, 0.15) is 0 Å². The number of aryl methyl sites for hydroxylation is 2. The van der Waals surface area contributed by atoms with E-state index in [1.54, 1.807) is 26.0 Å². The van der Waals surface area contributed by atoms with E-state index in [0.717, 1.165) is 6.92 Å². The first-order valence-electron chi connectivity index (χ1n) is 18.0. The van der Waals surface area contributed by atoms with E-state index >= 15 is 0 Å². The molecule has 0 heterocycles. The molecule has 5 rings (SSSR count). The summed E-state index contributed by atoms with van der Waals surface area (Å²) in [6, 6.07) is 17.3. The molecule has 14 nitrogen and oxygen atoms in total. The van der Waals surface area contributed by atoms with Crippen LogP contribution in [0.1, 0.15) is 45.7 Å². The third kappa shape index (κ3) is 12.2. The topological polar surface area (TPSA) is 200 Å². The van der Waals surface area contributed by atoms with Crippen molar-refractivity contribution in [1.82, 2.24) is 0 Å². The van der Waals surface area contributed by atoms with Crippen LogP contribution in [0.5, 0.6) is 0 Å². The lowest BCUT2D eigenvalue weighted by atomic mass is 10.1. The first kappa shape index (κ1) is 47.3. The quantitative estimate of drug-likeness (QED) is 0.0630. The summed E-state index contributed by atoms with van der Waals surface area (Å²) in [5.41, 5.74) is 2.30. The number of halogens is 6. The molecule has 20 heteroatoms. The third-order valence-electron chi connectivity index (χ3n) is 8.63. The van der Waals surface area contributed by atoms with Crippen molar-refractivity contribution in [2.24, 2.45) is 20.5 Å². The summed E-state index contributed by atoms with van der Waals surface area (Å²) in [4.78, 5) is 78.0. The molecule has 0 aliphatic rings. The van der Waals surface area contributed by atoms with E-state index in [4.69, 9.17) is 69.6 Å². The normalized spacial score (nSPS) is 12.2. The fourth-order valence-electron chi connectivity index (χ4n) is 5.59. The summed E-state index contributed by atoms with van der Waals surface area (Å²) in [5.74, 6) is -4.12. The van der Waals surface area contributed by atoms with E-state index in [2.05, 4.69) is 41.7 Å². The summed E-state index contributed by atoms with van der Waals surface area (Å²) < 4.78 is 0. The van der Waals surface area contributed by atoms with Gasteiger partial charge in [-0.15, -0.1) is 0 Å². The van der Waals surface area contributed by atoms with E-state index in [1.807, 2.05) is 0 Å². The van der Waals surface area contributed by atoms with Gasteiger partial charge in [0.2, 0.25) is 12.1 Å². The van der Waals surface area contributed by atoms with Crippen LogP contribution in [0.3, 0.4) is 0 Å². The van der Waals surface area contributed by atoms with Crippen LogP contribution in [0.15, 0.2) is 105 Å². The Kier molecular flexibility index (Phi) is 15.9. The van der Waals surface area contributed by atoms with Gasteiger partial charge in [0, 0.05) is 21.4 Å². The van der Waals surface area contributed by atoms with E-state index in [-0.39, 0.29) is 59.7 Å². The number of nitrogens with one attached hydrogen (secondary N) is 4. The van der Waals surface area contributed by atoms with Crippen molar-refractivity contribution in [3.63, 3.8) is 0 Å². The number of ketones is 2. The monoisotopic (exact) mass is 954 g/mol. The lowest BCUT2D eigenvalue weighted by Gasteiger charge is -2.17. The highest BCUT2D eigenvalue weighted by molar-refractivity contribution is 6.38. The standard InChI is InChI=1S/C42H32Cl6N8O6/c1-19-13-27(49-41(61)37(21(3)57)55-53-25-7-11-30(45)28(17-25)39(59)50-34-15-23(43)5-9-32(34)47)14-20(2)36(19)52-42(62)38(22(4)58)56-54-26-8-12-31(46)29(18-26)40(60)51-35-16-24(44)6-10-33(35)48/h5-18,37-38H,1-4H3,(H,49,61)(H,50,59)(H,51,60)(H,52,62). The molecule has 0 aromatic heterocycles. The Labute approximate surface area is 384 Å². The van der Waals surface area contributed by atoms with Gasteiger partial charge in [0.25, 0.3) is 23.6 Å². The zero-order chi connectivity index (χ0) is 45.4. The Morgan fingerprint density at radius 1 is 0.484 bits per heavy atom. The van der Waals surface area contributed by atoms with Gasteiger partial charge in [0.15, 0.2) is 11.6 Å². The molecular weight excluding hydrogens is 925 g/mol. The van der Waals surface area contributed by atoms with Crippen LogP contribution in [0.4, 0.5) is 34.1 Å². The average molecular weight is 957 g/mol. The predicted octanol–water partition coefficient (Wildman–Crippen LogP) is 12.1. The van der Waals surface area contributed by atoms with Gasteiger partial charge in [-0.3, -0.25) is 28.8 Å². The van der Waals surface area contributed by atoms with Crippen molar-refractivity contribution in [1.29, 1.82) is 0 Å². The Balaban J connectivity index is 1.26. The van der Waals surface area contributed by atoms with Gasteiger partial charge >= 0.3 is 0 Å². The number of carbonyl (C=O) groups is 6. The number of hydrogen-bond acceptors (Lipinski definition) is 10. The van der Waals surface area contributed by atoms with Crippen LogP contribution in [-0.4, -0.2) is 47.3 Å². The van der Waals surface area contributed by atoms with Crippen molar-refractivity contribution < 1.29 is 28.8 Å². The zero-order valence-corrected chi connectivity index (χ0v) is 37.3. The first-order chi connectivity index (χ1) is 29.3. The first-order valence-corrected chi connectivity index (χ1v) is 20.3. The van der Waals surface area contributed by atoms with Gasteiger partial charge in [-0.25, -0.2) is 0 Å². The number of benzene rings is 5. The smallest absolute Gasteiger partial charge is 0.258 e. The zero-order valence-electron chi connectivity index (χ0n) is 32.7. The molecule has 0 fully saturated rings. The number of Topliss-reactive ketones (excluding diaryl/α,β-unsaturated/α-hetero) is 2. The molecule has 62 heavy (non-hydrogen) atoms. The molecule has 5 aromatic carbocycles. The lowest BCUT2D eigenvalue weighted by molar-refractivity contribution is -0.127. The van der Waals surface area contributed by atoms with Crippen LogP contribution in [0.25, 0.3) is 0 Å². The van der Waals surface area contributed by atoms with Crippen molar-refractivity contribution in [3.05, 3.63) is 137 Å². The van der Waals surface area contributed by atoms with Gasteiger partial charge in [-0.1, -0.05) is 69.6 Å². The highest BCUT2D eigenvalue weighted by Crippen LogP contribution is 2.31. The molecule has 0 aliphatic carbocycles. The van der Waals surface area contributed by atoms with Crippen molar-refractivity contribution in [2.75, 3.05) is 21.3 Å². The highest BCUT2D eigenvalue weighted by Gasteiger charge is 2.27. The summed E-state index contributed by atoms with van der Waals surface area (Å²) in [5, 5.41) is 27.9. The third-order valence-corrected chi connectivity index (χ3v) is 10.4. The maximum atomic E-state index is 13.4. The molecule has 318 valence electrons. The fourth-order valence-corrected chi connectivity index (χ4v) is 6.67. The molecule has 0 radical (unpaired) electrons. The number of azo groups is 2. The molecule has 2 atom stereocenters. The Morgan fingerprint density at radius 2 is 0.871 bits per heavy atom. The molecule has 0 saturated carbocycles. The second-order valence-corrected chi connectivity index (χ2v) is 15.9. The summed E-state index contributed by atoms with van der Waals surface area (Å²) in [6.45, 7) is 5.63. The molecule has 4 N–H and O–H groups in total. The molecule has 0 bridgehead atoms. The molecule has 0 aliphatic heterocycles. The van der Waals surface area contributed by atoms with Crippen LogP contribution >= 0.6 is 69.6 Å². The summed E-state index contributed by atoms with van der Waals surface area (Å²) in [6.07, 6.45) is 0. The minimum atomic E-state index is -1.58. The minimum absolute atomic E-state index is 0.0117. The number of rotatable bonds is 14. The Hall–Kier alpha value is -5.74. The SMILES string of the molecule is CC(=O)C(N=Nc1ccc(Cl)c(C(=O)Nc2cc(Cl)ccc2Cl)c1)C(=O)Nc1cc(C)c(NC(=O)C(N=Nc2ccc(Cl)c(C(=O)Nc3cc(Cl)ccc3Cl)c2)C(C)=O)c(C)c1. The van der Waals surface area contributed by atoms with Gasteiger partial charge in [-0.05, 0) is 124 Å². The number of anilines is 4. The summed E-state index contributed by atoms with van der Waals surface area (Å²) >= 11 is 37.0. The maximum absolute atomic E-state index is 13.4. The number of hydrogen-bond donors (Lipinski definition) is 4. The second-order valence-electron chi connectivity index (χ2n) is 13.4. The van der Waals surface area contributed by atoms with E-state index in [1.165, 1.54) is 79.7 Å². The van der Waals surface area contributed by atoms with Gasteiger partial charge in [-0.2, -0.15) is 20.5 Å². The largest absolute Gasteiger partial charge is 0.324 e. The van der Waals surface area contributed by atoms with Crippen LogP contribution in [0.2, 0.25) is 30.1 Å². The van der Waals surface area contributed by atoms with Crippen LogP contribution < -0.4 is 21.3 Å². The Bertz CT molecular complexity index is 2690. The molecule has 4 amide bonds. The predicted molar refractivity (Wildman–Crippen MR) is 243 cm³/mol. The van der Waals surface area contributed by atoms with E-state index in [9.17, 15) is 28.8 Å². The Morgan fingerprint density at radius 3 is 1.27 bits per heavy atom. The molecule has 0 spiro atoms. The van der Waals surface area contributed by atoms with Gasteiger partial charge < -0.3 is 21.3 Å². The van der Waals surface area contributed by atoms with Crippen molar-refractivity contribution in [3.8, 4) is 0 Å². The number of amides is 4. The molecule has 0 saturated heterocycles. The van der Waals surface area contributed by atoms with E-state index < -0.39 is 47.3 Å². The number of nitrogens with zero attached hydrogens (tertiary/aromatic N) is 4. The summed E-state index contributed by atoms with van der Waals surface area (Å²) in [7, 11) is 0. The fraction of sp³-hybridized carbons (Fsp3) is 0.143. The van der Waals surface area contributed by atoms with E-state index in [0.29, 0.717) is 26.9 Å². The van der Waals surface area contributed by atoms with Gasteiger partial charge in [0.05, 0.1) is 54.0 Å².